The van der Waals surface area contributed by atoms with Crippen molar-refractivity contribution >= 4 is 5.78 Å². The number of carbonyl (C=O) groups excluding carboxylic acids is 1. The van der Waals surface area contributed by atoms with Crippen molar-refractivity contribution in [2.75, 3.05) is 0 Å². The molecule has 6 heteroatoms. The molecule has 0 aliphatic carbocycles. The van der Waals surface area contributed by atoms with E-state index in [4.69, 9.17) is 0 Å². The molecular formula is C13H15N5O. The molecule has 0 radical (unpaired) electrons. The number of rotatable bonds is 3. The molecule has 1 aliphatic rings. The summed E-state index contributed by atoms with van der Waals surface area (Å²) < 4.78 is 0. The number of carbonyl (C=O) groups is 1. The molecule has 0 amide bonds. The minimum absolute atomic E-state index is 0.113. The maximum atomic E-state index is 12.2. The highest BCUT2D eigenvalue weighted by molar-refractivity contribution is 5.86. The first-order valence-electron chi connectivity index (χ1n) is 6.28. The van der Waals surface area contributed by atoms with Gasteiger partial charge in [0.1, 0.15) is 0 Å². The lowest BCUT2D eigenvalue weighted by Crippen LogP contribution is -2.42. The lowest BCUT2D eigenvalue weighted by molar-refractivity contribution is -0.120. The second-order valence-corrected chi connectivity index (χ2v) is 4.74. The van der Waals surface area contributed by atoms with Crippen LogP contribution >= 0.6 is 0 Å². The molecule has 6 nitrogen and oxygen atoms in total. The van der Waals surface area contributed by atoms with E-state index in [-0.39, 0.29) is 18.2 Å². The Hall–Kier alpha value is -2.08. The molecule has 19 heavy (non-hydrogen) atoms. The van der Waals surface area contributed by atoms with E-state index in [1.807, 2.05) is 12.1 Å². The quantitative estimate of drug-likeness (QED) is 0.840. The van der Waals surface area contributed by atoms with E-state index in [0.717, 1.165) is 13.0 Å². The van der Waals surface area contributed by atoms with E-state index < -0.39 is 0 Å². The Morgan fingerprint density at radius 2 is 2.21 bits per heavy atom. The predicted molar refractivity (Wildman–Crippen MR) is 68.3 cm³/mol. The fourth-order valence-electron chi connectivity index (χ4n) is 2.36. The molecule has 1 aromatic heterocycles. The van der Waals surface area contributed by atoms with Crippen molar-refractivity contribution in [2.45, 2.75) is 25.4 Å². The Balaban J connectivity index is 1.69. The van der Waals surface area contributed by atoms with Gasteiger partial charge in [-0.25, -0.2) is 0 Å². The molecule has 0 spiro atoms. The largest absolute Gasteiger partial charge is 0.303 e. The summed E-state index contributed by atoms with van der Waals surface area (Å²) in [4.78, 5) is 13.6. The summed E-state index contributed by atoms with van der Waals surface area (Å²) in [5, 5.41) is 14.9. The Kier molecular flexibility index (Phi) is 3.08. The standard InChI is InChI=1S/C13H15N5O/c1-18-16-13(15-17-18)7-12(19)11-6-9-4-2-3-5-10(9)8-14-11/h2-5,11,14H,6-8H2,1H3. The number of fused-ring (bicyclic) bond motifs is 1. The molecule has 98 valence electrons. The van der Waals surface area contributed by atoms with Crippen LogP contribution in [0.1, 0.15) is 17.0 Å². The molecule has 1 aliphatic heterocycles. The minimum Gasteiger partial charge on any atom is -0.303 e. The lowest BCUT2D eigenvalue weighted by atomic mass is 9.93. The summed E-state index contributed by atoms with van der Waals surface area (Å²) in [7, 11) is 1.69. The van der Waals surface area contributed by atoms with Gasteiger partial charge in [-0.1, -0.05) is 24.3 Å². The Labute approximate surface area is 110 Å². The smallest absolute Gasteiger partial charge is 0.182 e. The van der Waals surface area contributed by atoms with Crippen LogP contribution in [0.3, 0.4) is 0 Å². The number of benzene rings is 1. The molecule has 2 heterocycles. The number of tetrazole rings is 1. The maximum Gasteiger partial charge on any atom is 0.182 e. The van der Waals surface area contributed by atoms with Crippen molar-refractivity contribution in [3.8, 4) is 0 Å². The summed E-state index contributed by atoms with van der Waals surface area (Å²) in [6.45, 7) is 0.737. The van der Waals surface area contributed by atoms with E-state index in [9.17, 15) is 4.79 Å². The van der Waals surface area contributed by atoms with Gasteiger partial charge in [0.05, 0.1) is 19.5 Å². The van der Waals surface area contributed by atoms with Crippen LogP contribution in [0.4, 0.5) is 0 Å². The van der Waals surface area contributed by atoms with Gasteiger partial charge in [-0.05, 0) is 22.8 Å². The topological polar surface area (TPSA) is 72.7 Å². The summed E-state index contributed by atoms with van der Waals surface area (Å²) in [6, 6.07) is 8.05. The minimum atomic E-state index is -0.154. The Morgan fingerprint density at radius 1 is 1.42 bits per heavy atom. The molecule has 3 rings (SSSR count). The molecule has 2 aromatic rings. The zero-order valence-corrected chi connectivity index (χ0v) is 10.7. The van der Waals surface area contributed by atoms with Crippen LogP contribution in [0.25, 0.3) is 0 Å². The molecule has 0 saturated carbocycles. The van der Waals surface area contributed by atoms with Crippen molar-refractivity contribution in [2.24, 2.45) is 7.05 Å². The molecule has 1 N–H and O–H groups in total. The fraction of sp³-hybridized carbons (Fsp3) is 0.385. The van der Waals surface area contributed by atoms with Gasteiger partial charge >= 0.3 is 0 Å². The summed E-state index contributed by atoms with van der Waals surface area (Å²) in [6.07, 6.45) is 0.961. The number of hydrogen-bond donors (Lipinski definition) is 1. The van der Waals surface area contributed by atoms with E-state index in [1.54, 1.807) is 7.05 Å². The number of nitrogens with one attached hydrogen (secondary N) is 1. The molecule has 0 bridgehead atoms. The Morgan fingerprint density at radius 3 is 2.95 bits per heavy atom. The normalized spacial score (nSPS) is 18.1. The van der Waals surface area contributed by atoms with Gasteiger partial charge in [0, 0.05) is 6.54 Å². The molecule has 1 unspecified atom stereocenters. The first-order valence-corrected chi connectivity index (χ1v) is 6.28. The number of nitrogens with zero attached hydrogens (tertiary/aromatic N) is 4. The maximum absolute atomic E-state index is 12.2. The summed E-state index contributed by atoms with van der Waals surface area (Å²) in [5.41, 5.74) is 2.51. The highest BCUT2D eigenvalue weighted by Gasteiger charge is 2.24. The van der Waals surface area contributed by atoms with Crippen LogP contribution < -0.4 is 5.32 Å². The number of Topliss-reactive ketones (excluding diaryl/α,β-unsaturated/α-hetero) is 1. The van der Waals surface area contributed by atoms with E-state index in [2.05, 4.69) is 32.9 Å². The van der Waals surface area contributed by atoms with Crippen molar-refractivity contribution < 1.29 is 4.79 Å². The van der Waals surface area contributed by atoms with E-state index in [0.29, 0.717) is 5.82 Å². The first-order chi connectivity index (χ1) is 9.22. The van der Waals surface area contributed by atoms with Crippen LogP contribution in [0.5, 0.6) is 0 Å². The van der Waals surface area contributed by atoms with Gasteiger partial charge in [0.25, 0.3) is 0 Å². The second-order valence-electron chi connectivity index (χ2n) is 4.74. The molecule has 1 aromatic carbocycles. The molecular weight excluding hydrogens is 242 g/mol. The van der Waals surface area contributed by atoms with Crippen LogP contribution in [0, 0.1) is 0 Å². The predicted octanol–water partition coefficient (Wildman–Crippen LogP) is 0.0362. The summed E-state index contributed by atoms with van der Waals surface area (Å²) >= 11 is 0. The van der Waals surface area contributed by atoms with Gasteiger partial charge in [-0.2, -0.15) is 4.80 Å². The highest BCUT2D eigenvalue weighted by atomic mass is 16.1. The van der Waals surface area contributed by atoms with Crippen LogP contribution in [0.2, 0.25) is 0 Å². The van der Waals surface area contributed by atoms with E-state index >= 15 is 0 Å². The average Bonchev–Trinajstić information content (AvgIpc) is 2.83. The van der Waals surface area contributed by atoms with Crippen LogP contribution in [-0.4, -0.2) is 32.0 Å². The van der Waals surface area contributed by atoms with E-state index in [1.165, 1.54) is 15.9 Å². The highest BCUT2D eigenvalue weighted by Crippen LogP contribution is 2.17. The average molecular weight is 257 g/mol. The third kappa shape index (κ3) is 2.53. The van der Waals surface area contributed by atoms with Crippen LogP contribution in [-0.2, 0) is 31.2 Å². The van der Waals surface area contributed by atoms with Crippen molar-refractivity contribution in [1.82, 2.24) is 25.5 Å². The molecule has 0 fully saturated rings. The SMILES string of the molecule is Cn1nnc(CC(=O)C2Cc3ccccc3CN2)n1. The zero-order valence-electron chi connectivity index (χ0n) is 10.7. The number of aromatic nitrogens is 4. The fourth-order valence-corrected chi connectivity index (χ4v) is 2.36. The van der Waals surface area contributed by atoms with Gasteiger partial charge in [-0.3, -0.25) is 4.79 Å². The molecule has 1 atom stereocenters. The van der Waals surface area contributed by atoms with Gasteiger partial charge in [-0.15, -0.1) is 10.2 Å². The first kappa shape index (κ1) is 12.0. The number of hydrogen-bond acceptors (Lipinski definition) is 5. The van der Waals surface area contributed by atoms with Gasteiger partial charge < -0.3 is 5.32 Å². The lowest BCUT2D eigenvalue weighted by Gasteiger charge is -2.24. The summed E-state index contributed by atoms with van der Waals surface area (Å²) in [5.74, 6) is 0.593. The zero-order chi connectivity index (χ0) is 13.2. The van der Waals surface area contributed by atoms with Crippen molar-refractivity contribution in [1.29, 1.82) is 0 Å². The monoisotopic (exact) mass is 257 g/mol. The molecule has 0 saturated heterocycles. The van der Waals surface area contributed by atoms with Gasteiger partial charge in [0.2, 0.25) is 0 Å². The van der Waals surface area contributed by atoms with Crippen molar-refractivity contribution in [3.63, 3.8) is 0 Å². The third-order valence-electron chi connectivity index (χ3n) is 3.35. The van der Waals surface area contributed by atoms with Crippen LogP contribution in [0.15, 0.2) is 24.3 Å². The van der Waals surface area contributed by atoms with Crippen molar-refractivity contribution in [3.05, 3.63) is 41.2 Å². The Bertz CT molecular complexity index is 607. The number of ketones is 1. The number of aryl methyl sites for hydroxylation is 1. The van der Waals surface area contributed by atoms with Gasteiger partial charge in [0.15, 0.2) is 11.6 Å². The third-order valence-corrected chi connectivity index (χ3v) is 3.35. The second kappa shape index (κ2) is 4.89.